The monoisotopic (exact) mass is 280 g/mol. The summed E-state index contributed by atoms with van der Waals surface area (Å²) in [6.07, 6.45) is 5.49. The van der Waals surface area contributed by atoms with E-state index < -0.39 is 0 Å². The minimum atomic E-state index is 0.809. The van der Waals surface area contributed by atoms with Gasteiger partial charge in [-0.25, -0.2) is 0 Å². The molecular formula is C16H25ClN2. The van der Waals surface area contributed by atoms with Gasteiger partial charge in [-0.05, 0) is 44.0 Å². The molecule has 1 heterocycles. The molecule has 2 rings (SSSR count). The highest BCUT2D eigenvalue weighted by molar-refractivity contribution is 6.33. The van der Waals surface area contributed by atoms with Gasteiger partial charge in [0.15, 0.2) is 0 Å². The van der Waals surface area contributed by atoms with E-state index in [0.717, 1.165) is 29.7 Å². The van der Waals surface area contributed by atoms with Crippen LogP contribution in [0.4, 0.5) is 5.69 Å². The second kappa shape index (κ2) is 7.76. The van der Waals surface area contributed by atoms with Gasteiger partial charge in [-0.2, -0.15) is 0 Å². The Kier molecular flexibility index (Phi) is 5.99. The summed E-state index contributed by atoms with van der Waals surface area (Å²) in [4.78, 5) is 2.57. The average Bonchev–Trinajstić information content (AvgIpc) is 2.43. The molecule has 106 valence electrons. The second-order valence-corrected chi connectivity index (χ2v) is 5.89. The Bertz CT molecular complexity index is 373. The van der Waals surface area contributed by atoms with E-state index in [9.17, 15) is 0 Å². The van der Waals surface area contributed by atoms with Crippen molar-refractivity contribution in [3.05, 3.63) is 29.3 Å². The largest absolute Gasteiger partial charge is 0.383 e. The molecule has 0 aliphatic carbocycles. The summed E-state index contributed by atoms with van der Waals surface area (Å²) in [7, 11) is 0. The van der Waals surface area contributed by atoms with Gasteiger partial charge in [-0.3, -0.25) is 0 Å². The van der Waals surface area contributed by atoms with Gasteiger partial charge >= 0.3 is 0 Å². The highest BCUT2D eigenvalue weighted by atomic mass is 35.5. The first-order valence-electron chi connectivity index (χ1n) is 7.50. The standard InChI is InChI=1S/C16H25ClN2/c1-2-5-14-8-11-19(12-9-14)13-10-18-16-7-4-3-6-15(16)17/h3-4,6-7,14,18H,2,5,8-13H2,1H3. The molecule has 1 aromatic carbocycles. The molecule has 1 aliphatic rings. The predicted molar refractivity (Wildman–Crippen MR) is 84.0 cm³/mol. The van der Waals surface area contributed by atoms with Crippen molar-refractivity contribution in [2.75, 3.05) is 31.5 Å². The first-order valence-corrected chi connectivity index (χ1v) is 7.88. The summed E-state index contributed by atoms with van der Waals surface area (Å²) in [5.41, 5.74) is 1.05. The summed E-state index contributed by atoms with van der Waals surface area (Å²) in [6, 6.07) is 7.95. The van der Waals surface area contributed by atoms with Crippen molar-refractivity contribution >= 4 is 17.3 Å². The van der Waals surface area contributed by atoms with Gasteiger partial charge in [0, 0.05) is 13.1 Å². The zero-order chi connectivity index (χ0) is 13.5. The quantitative estimate of drug-likeness (QED) is 0.837. The summed E-state index contributed by atoms with van der Waals surface area (Å²) in [6.45, 7) is 6.90. The maximum atomic E-state index is 6.12. The van der Waals surface area contributed by atoms with E-state index >= 15 is 0 Å². The normalized spacial score (nSPS) is 17.6. The third kappa shape index (κ3) is 4.70. The number of hydrogen-bond acceptors (Lipinski definition) is 2. The zero-order valence-corrected chi connectivity index (χ0v) is 12.6. The van der Waals surface area contributed by atoms with Crippen LogP contribution in [-0.4, -0.2) is 31.1 Å². The first-order chi connectivity index (χ1) is 9.29. The molecule has 0 amide bonds. The van der Waals surface area contributed by atoms with Crippen LogP contribution in [0.3, 0.4) is 0 Å². The van der Waals surface area contributed by atoms with Crippen LogP contribution in [0.15, 0.2) is 24.3 Å². The Morgan fingerprint density at radius 1 is 1.26 bits per heavy atom. The fourth-order valence-electron chi connectivity index (χ4n) is 2.86. The fraction of sp³-hybridized carbons (Fsp3) is 0.625. The lowest BCUT2D eigenvalue weighted by atomic mass is 9.92. The van der Waals surface area contributed by atoms with Crippen LogP contribution in [0.5, 0.6) is 0 Å². The number of nitrogens with zero attached hydrogens (tertiary/aromatic N) is 1. The Balaban J connectivity index is 1.66. The van der Waals surface area contributed by atoms with E-state index in [4.69, 9.17) is 11.6 Å². The third-order valence-corrected chi connectivity index (χ3v) is 4.35. The number of para-hydroxylation sites is 1. The highest BCUT2D eigenvalue weighted by Crippen LogP contribution is 2.22. The number of nitrogens with one attached hydrogen (secondary N) is 1. The Morgan fingerprint density at radius 3 is 2.68 bits per heavy atom. The van der Waals surface area contributed by atoms with Gasteiger partial charge in [0.2, 0.25) is 0 Å². The molecule has 3 heteroatoms. The zero-order valence-electron chi connectivity index (χ0n) is 11.9. The van der Waals surface area contributed by atoms with E-state index in [2.05, 4.69) is 17.1 Å². The topological polar surface area (TPSA) is 15.3 Å². The number of rotatable bonds is 6. The van der Waals surface area contributed by atoms with Crippen LogP contribution in [0.25, 0.3) is 0 Å². The fourth-order valence-corrected chi connectivity index (χ4v) is 3.06. The molecule has 1 aliphatic heterocycles. The number of hydrogen-bond donors (Lipinski definition) is 1. The van der Waals surface area contributed by atoms with Crippen molar-refractivity contribution < 1.29 is 0 Å². The molecule has 0 unspecified atom stereocenters. The predicted octanol–water partition coefficient (Wildman–Crippen LogP) is 4.26. The van der Waals surface area contributed by atoms with Gasteiger partial charge in [-0.15, -0.1) is 0 Å². The Hall–Kier alpha value is -0.730. The van der Waals surface area contributed by atoms with Crippen molar-refractivity contribution in [3.63, 3.8) is 0 Å². The molecule has 0 radical (unpaired) electrons. The number of benzene rings is 1. The average molecular weight is 281 g/mol. The van der Waals surface area contributed by atoms with E-state index in [1.807, 2.05) is 24.3 Å². The van der Waals surface area contributed by atoms with Gasteiger partial charge in [-0.1, -0.05) is 43.5 Å². The molecule has 0 spiro atoms. The lowest BCUT2D eigenvalue weighted by Gasteiger charge is -2.31. The Labute approximate surface area is 122 Å². The third-order valence-electron chi connectivity index (χ3n) is 4.02. The van der Waals surface area contributed by atoms with Gasteiger partial charge in [0.05, 0.1) is 10.7 Å². The van der Waals surface area contributed by atoms with Crippen LogP contribution in [-0.2, 0) is 0 Å². The van der Waals surface area contributed by atoms with Crippen LogP contribution < -0.4 is 5.32 Å². The summed E-state index contributed by atoms with van der Waals surface area (Å²) in [5.74, 6) is 0.970. The molecule has 0 saturated carbocycles. The molecular weight excluding hydrogens is 256 g/mol. The molecule has 0 aromatic heterocycles. The van der Waals surface area contributed by atoms with Crippen LogP contribution in [0.1, 0.15) is 32.6 Å². The molecule has 2 nitrogen and oxygen atoms in total. The van der Waals surface area contributed by atoms with Crippen LogP contribution in [0, 0.1) is 5.92 Å². The van der Waals surface area contributed by atoms with Crippen LogP contribution in [0.2, 0.25) is 5.02 Å². The van der Waals surface area contributed by atoms with E-state index in [-0.39, 0.29) is 0 Å². The van der Waals surface area contributed by atoms with Gasteiger partial charge in [0.25, 0.3) is 0 Å². The lowest BCUT2D eigenvalue weighted by Crippen LogP contribution is -2.36. The number of likely N-dealkylation sites (tertiary alicyclic amines) is 1. The smallest absolute Gasteiger partial charge is 0.0637 e. The molecule has 19 heavy (non-hydrogen) atoms. The summed E-state index contributed by atoms with van der Waals surface area (Å²) < 4.78 is 0. The Morgan fingerprint density at radius 2 is 2.00 bits per heavy atom. The maximum absolute atomic E-state index is 6.12. The number of anilines is 1. The van der Waals surface area contributed by atoms with Crippen molar-refractivity contribution in [2.24, 2.45) is 5.92 Å². The maximum Gasteiger partial charge on any atom is 0.0637 e. The molecule has 1 fully saturated rings. The summed E-state index contributed by atoms with van der Waals surface area (Å²) >= 11 is 6.12. The molecule has 0 atom stereocenters. The van der Waals surface area contributed by atoms with E-state index in [0.29, 0.717) is 0 Å². The minimum Gasteiger partial charge on any atom is -0.383 e. The van der Waals surface area contributed by atoms with Gasteiger partial charge < -0.3 is 10.2 Å². The minimum absolute atomic E-state index is 0.809. The first kappa shape index (κ1) is 14.7. The lowest BCUT2D eigenvalue weighted by molar-refractivity contribution is 0.184. The molecule has 1 saturated heterocycles. The molecule has 0 bridgehead atoms. The molecule has 1 N–H and O–H groups in total. The van der Waals surface area contributed by atoms with Gasteiger partial charge in [0.1, 0.15) is 0 Å². The van der Waals surface area contributed by atoms with Crippen molar-refractivity contribution in [2.45, 2.75) is 32.6 Å². The van der Waals surface area contributed by atoms with E-state index in [1.54, 1.807) is 0 Å². The van der Waals surface area contributed by atoms with Crippen molar-refractivity contribution in [3.8, 4) is 0 Å². The highest BCUT2D eigenvalue weighted by Gasteiger charge is 2.17. The second-order valence-electron chi connectivity index (χ2n) is 5.48. The summed E-state index contributed by atoms with van der Waals surface area (Å²) in [5, 5.41) is 4.23. The van der Waals surface area contributed by atoms with Crippen molar-refractivity contribution in [1.29, 1.82) is 0 Å². The number of piperidine rings is 1. The van der Waals surface area contributed by atoms with Crippen LogP contribution >= 0.6 is 11.6 Å². The molecule has 1 aromatic rings. The van der Waals surface area contributed by atoms with Crippen molar-refractivity contribution in [1.82, 2.24) is 4.90 Å². The van der Waals surface area contributed by atoms with E-state index in [1.165, 1.54) is 38.8 Å². The number of halogens is 1. The SMILES string of the molecule is CCCC1CCN(CCNc2ccccc2Cl)CC1.